The molecule has 0 aliphatic heterocycles. The highest BCUT2D eigenvalue weighted by atomic mass is 16.5. The highest BCUT2D eigenvalue weighted by Crippen LogP contribution is 2.30. The highest BCUT2D eigenvalue weighted by Gasteiger charge is 2.35. The molecular formula is C15H31NO2. The maximum Gasteiger partial charge on any atom is 0.313 e. The standard InChI is InChI=1S/C15H31NO2/c1-4-7-8-9-10-11-12-15(5-2,13-16)14(17)18-6-3/h4-13,16H2,1-3H3. The van der Waals surface area contributed by atoms with E-state index < -0.39 is 5.41 Å². The minimum absolute atomic E-state index is 0.108. The van der Waals surface area contributed by atoms with Crippen molar-refractivity contribution in [1.82, 2.24) is 0 Å². The summed E-state index contributed by atoms with van der Waals surface area (Å²) in [7, 11) is 0. The Morgan fingerprint density at radius 3 is 2.17 bits per heavy atom. The molecule has 0 aliphatic rings. The largest absolute Gasteiger partial charge is 0.466 e. The first-order valence-corrected chi connectivity index (χ1v) is 7.54. The molecule has 0 aromatic rings. The number of unbranched alkanes of at least 4 members (excludes halogenated alkanes) is 5. The number of esters is 1. The zero-order chi connectivity index (χ0) is 13.9. The Kier molecular flexibility index (Phi) is 10.0. The summed E-state index contributed by atoms with van der Waals surface area (Å²) in [5.41, 5.74) is 5.37. The van der Waals surface area contributed by atoms with Crippen molar-refractivity contribution in [2.24, 2.45) is 11.1 Å². The van der Waals surface area contributed by atoms with Crippen molar-refractivity contribution in [2.45, 2.75) is 72.1 Å². The Morgan fingerprint density at radius 1 is 1.06 bits per heavy atom. The first kappa shape index (κ1) is 17.4. The molecule has 0 heterocycles. The zero-order valence-electron chi connectivity index (χ0n) is 12.5. The number of carbonyl (C=O) groups is 1. The monoisotopic (exact) mass is 257 g/mol. The fraction of sp³-hybridized carbons (Fsp3) is 0.933. The van der Waals surface area contributed by atoms with Crippen LogP contribution in [0.5, 0.6) is 0 Å². The van der Waals surface area contributed by atoms with Gasteiger partial charge in [-0.05, 0) is 19.8 Å². The Bertz CT molecular complexity index is 213. The molecule has 0 spiro atoms. The number of hydrogen-bond donors (Lipinski definition) is 1. The smallest absolute Gasteiger partial charge is 0.313 e. The van der Waals surface area contributed by atoms with Crippen LogP contribution < -0.4 is 5.73 Å². The minimum Gasteiger partial charge on any atom is -0.466 e. The van der Waals surface area contributed by atoms with Crippen LogP contribution in [0.25, 0.3) is 0 Å². The quantitative estimate of drug-likeness (QED) is 0.454. The second-order valence-electron chi connectivity index (χ2n) is 5.08. The number of nitrogens with two attached hydrogens (primary N) is 1. The topological polar surface area (TPSA) is 52.3 Å². The van der Waals surface area contributed by atoms with Crippen LogP contribution in [-0.2, 0) is 9.53 Å². The third-order valence-corrected chi connectivity index (χ3v) is 3.78. The zero-order valence-corrected chi connectivity index (χ0v) is 12.5. The van der Waals surface area contributed by atoms with Crippen molar-refractivity contribution in [2.75, 3.05) is 13.2 Å². The van der Waals surface area contributed by atoms with Gasteiger partial charge in [-0.25, -0.2) is 0 Å². The maximum atomic E-state index is 12.0. The first-order chi connectivity index (χ1) is 8.66. The molecule has 0 rings (SSSR count). The Balaban J connectivity index is 4.06. The van der Waals surface area contributed by atoms with Gasteiger partial charge in [0.2, 0.25) is 0 Å². The number of rotatable bonds is 11. The van der Waals surface area contributed by atoms with E-state index in [1.54, 1.807) is 0 Å². The van der Waals surface area contributed by atoms with Crippen molar-refractivity contribution in [3.63, 3.8) is 0 Å². The fourth-order valence-corrected chi connectivity index (χ4v) is 2.28. The van der Waals surface area contributed by atoms with Gasteiger partial charge in [0.1, 0.15) is 0 Å². The van der Waals surface area contributed by atoms with Crippen LogP contribution in [0, 0.1) is 5.41 Å². The molecule has 1 atom stereocenters. The molecule has 0 fully saturated rings. The van der Waals surface area contributed by atoms with Gasteiger partial charge >= 0.3 is 5.97 Å². The number of ether oxygens (including phenoxy) is 1. The van der Waals surface area contributed by atoms with E-state index in [0.29, 0.717) is 13.2 Å². The summed E-state index contributed by atoms with van der Waals surface area (Å²) in [6, 6.07) is 0. The van der Waals surface area contributed by atoms with E-state index >= 15 is 0 Å². The minimum atomic E-state index is -0.444. The van der Waals surface area contributed by atoms with Crippen molar-refractivity contribution in [3.8, 4) is 0 Å². The number of carbonyl (C=O) groups excluding carboxylic acids is 1. The van der Waals surface area contributed by atoms with Gasteiger partial charge in [-0.1, -0.05) is 52.4 Å². The van der Waals surface area contributed by atoms with Crippen LogP contribution in [0.4, 0.5) is 0 Å². The van der Waals surface area contributed by atoms with E-state index in [9.17, 15) is 4.79 Å². The Hall–Kier alpha value is -0.570. The van der Waals surface area contributed by atoms with E-state index in [4.69, 9.17) is 10.5 Å². The van der Waals surface area contributed by atoms with E-state index in [1.165, 1.54) is 32.1 Å². The van der Waals surface area contributed by atoms with E-state index in [1.807, 2.05) is 13.8 Å². The molecule has 2 N–H and O–H groups in total. The Morgan fingerprint density at radius 2 is 1.67 bits per heavy atom. The van der Waals surface area contributed by atoms with Crippen LogP contribution in [0.3, 0.4) is 0 Å². The van der Waals surface area contributed by atoms with Gasteiger partial charge in [0.15, 0.2) is 0 Å². The van der Waals surface area contributed by atoms with Crippen LogP contribution in [0.1, 0.15) is 72.1 Å². The van der Waals surface area contributed by atoms with Gasteiger partial charge < -0.3 is 10.5 Å². The van der Waals surface area contributed by atoms with Gasteiger partial charge in [0, 0.05) is 6.54 Å². The normalized spacial score (nSPS) is 14.2. The molecule has 1 unspecified atom stereocenters. The molecule has 0 saturated heterocycles. The second-order valence-corrected chi connectivity index (χ2v) is 5.08. The van der Waals surface area contributed by atoms with E-state index in [-0.39, 0.29) is 5.97 Å². The molecular weight excluding hydrogens is 226 g/mol. The third kappa shape index (κ3) is 5.85. The third-order valence-electron chi connectivity index (χ3n) is 3.78. The summed E-state index contributed by atoms with van der Waals surface area (Å²) in [4.78, 5) is 12.0. The van der Waals surface area contributed by atoms with Crippen LogP contribution in [0.15, 0.2) is 0 Å². The molecule has 0 bridgehead atoms. The molecule has 0 aliphatic carbocycles. The summed E-state index contributed by atoms with van der Waals surface area (Å²) >= 11 is 0. The van der Waals surface area contributed by atoms with Gasteiger partial charge in [0.05, 0.1) is 12.0 Å². The fourth-order valence-electron chi connectivity index (χ4n) is 2.28. The molecule has 108 valence electrons. The predicted octanol–water partition coefficient (Wildman–Crippen LogP) is 3.66. The molecule has 18 heavy (non-hydrogen) atoms. The summed E-state index contributed by atoms with van der Waals surface area (Å²) in [5, 5.41) is 0. The summed E-state index contributed by atoms with van der Waals surface area (Å²) in [6.07, 6.45) is 9.06. The van der Waals surface area contributed by atoms with Crippen molar-refractivity contribution >= 4 is 5.97 Å². The van der Waals surface area contributed by atoms with Crippen molar-refractivity contribution in [1.29, 1.82) is 0 Å². The predicted molar refractivity (Wildman–Crippen MR) is 76.4 cm³/mol. The molecule has 0 saturated carbocycles. The van der Waals surface area contributed by atoms with Crippen LogP contribution >= 0.6 is 0 Å². The van der Waals surface area contributed by atoms with Crippen LogP contribution in [0.2, 0.25) is 0 Å². The molecule has 0 amide bonds. The molecule has 3 heteroatoms. The summed E-state index contributed by atoms with van der Waals surface area (Å²) in [5.74, 6) is -0.108. The van der Waals surface area contributed by atoms with Crippen molar-refractivity contribution < 1.29 is 9.53 Å². The number of hydrogen-bond acceptors (Lipinski definition) is 3. The molecule has 0 radical (unpaired) electrons. The summed E-state index contributed by atoms with van der Waals surface area (Å²) < 4.78 is 5.17. The average molecular weight is 257 g/mol. The van der Waals surface area contributed by atoms with Gasteiger partial charge in [-0.3, -0.25) is 4.79 Å². The highest BCUT2D eigenvalue weighted by molar-refractivity contribution is 5.77. The lowest BCUT2D eigenvalue weighted by molar-refractivity contribution is -0.155. The van der Waals surface area contributed by atoms with E-state index in [2.05, 4.69) is 6.92 Å². The van der Waals surface area contributed by atoms with Crippen LogP contribution in [-0.4, -0.2) is 19.1 Å². The molecule has 0 aromatic heterocycles. The lowest BCUT2D eigenvalue weighted by Gasteiger charge is -2.28. The maximum absolute atomic E-state index is 12.0. The van der Waals surface area contributed by atoms with Crippen molar-refractivity contribution in [3.05, 3.63) is 0 Å². The summed E-state index contributed by atoms with van der Waals surface area (Å²) in [6.45, 7) is 6.94. The van der Waals surface area contributed by atoms with E-state index in [0.717, 1.165) is 19.3 Å². The van der Waals surface area contributed by atoms with Gasteiger partial charge in [-0.2, -0.15) is 0 Å². The lowest BCUT2D eigenvalue weighted by atomic mass is 9.80. The average Bonchev–Trinajstić information content (AvgIpc) is 2.39. The SMILES string of the molecule is CCCCCCCCC(CC)(CN)C(=O)OCC. The lowest BCUT2D eigenvalue weighted by Crippen LogP contribution is -2.39. The molecule has 0 aromatic carbocycles. The molecule has 3 nitrogen and oxygen atoms in total. The first-order valence-electron chi connectivity index (χ1n) is 7.54. The van der Waals surface area contributed by atoms with Gasteiger partial charge in [0.25, 0.3) is 0 Å². The Labute approximate surface area is 112 Å². The van der Waals surface area contributed by atoms with Gasteiger partial charge in [-0.15, -0.1) is 0 Å². The second kappa shape index (κ2) is 10.4.